The number of fused-ring (bicyclic) bond motifs is 1. The standard InChI is InChI=1S/C16H25N4O3P/c1-9-19-12-10(17)5-7-18-15(12)20(9)16-14(22)13(21)11(23-16)6-8-24(2,3)4/h5,7,11,13-14,16,21-22H,2,6,8H2,1,3-4H3,(H2,17,18)/t11?,13-,14-,16?/m1/s1. The van der Waals surface area contributed by atoms with Crippen molar-refractivity contribution in [3.63, 3.8) is 0 Å². The Labute approximate surface area is 141 Å². The van der Waals surface area contributed by atoms with Crippen molar-refractivity contribution >= 4 is 30.0 Å². The molecule has 0 aromatic carbocycles. The summed E-state index contributed by atoms with van der Waals surface area (Å²) < 4.78 is 7.70. The first kappa shape index (κ1) is 17.4. The highest BCUT2D eigenvalue weighted by atomic mass is 31.2. The van der Waals surface area contributed by atoms with Crippen LogP contribution in [0.3, 0.4) is 0 Å². The molecule has 1 fully saturated rings. The average molecular weight is 352 g/mol. The summed E-state index contributed by atoms with van der Waals surface area (Å²) in [6.45, 7) is 4.87. The molecule has 2 aromatic rings. The monoisotopic (exact) mass is 352 g/mol. The number of ether oxygens (including phenoxy) is 1. The number of aliphatic hydroxyl groups excluding tert-OH is 2. The molecule has 0 aliphatic carbocycles. The third kappa shape index (κ3) is 3.09. The van der Waals surface area contributed by atoms with Crippen LogP contribution < -0.4 is 5.73 Å². The smallest absolute Gasteiger partial charge is 0.165 e. The summed E-state index contributed by atoms with van der Waals surface area (Å²) in [5.41, 5.74) is 7.60. The summed E-state index contributed by atoms with van der Waals surface area (Å²) >= 11 is 0. The number of aliphatic hydroxyl groups is 2. The molecule has 1 aliphatic heterocycles. The van der Waals surface area contributed by atoms with E-state index in [0.29, 0.717) is 29.1 Å². The molecule has 0 bridgehead atoms. The van der Waals surface area contributed by atoms with E-state index in [9.17, 15) is 10.2 Å². The van der Waals surface area contributed by atoms with Gasteiger partial charge in [-0.2, -0.15) is 0 Å². The van der Waals surface area contributed by atoms with Crippen LogP contribution in [0.25, 0.3) is 11.2 Å². The fourth-order valence-electron chi connectivity index (χ4n) is 3.08. The number of anilines is 1. The second-order valence-electron chi connectivity index (χ2n) is 7.10. The number of imidazole rings is 1. The minimum atomic E-state index is -1.22. The molecule has 2 unspecified atom stereocenters. The highest BCUT2D eigenvalue weighted by molar-refractivity contribution is 7.72. The molecule has 0 radical (unpaired) electrons. The van der Waals surface area contributed by atoms with Gasteiger partial charge in [0.1, 0.15) is 23.5 Å². The Bertz CT molecular complexity index is 800. The van der Waals surface area contributed by atoms with Crippen molar-refractivity contribution in [1.82, 2.24) is 14.5 Å². The summed E-state index contributed by atoms with van der Waals surface area (Å²) in [5, 5.41) is 20.9. The lowest BCUT2D eigenvalue weighted by atomic mass is 10.1. The Morgan fingerprint density at radius 2 is 2.08 bits per heavy atom. The lowest BCUT2D eigenvalue weighted by molar-refractivity contribution is -0.0363. The minimum Gasteiger partial charge on any atom is -0.397 e. The molecule has 3 rings (SSSR count). The van der Waals surface area contributed by atoms with Gasteiger partial charge in [0.05, 0.1) is 11.8 Å². The van der Waals surface area contributed by atoms with Crippen LogP contribution >= 0.6 is 6.89 Å². The van der Waals surface area contributed by atoms with Crippen molar-refractivity contribution in [2.24, 2.45) is 0 Å². The number of hydrogen-bond donors (Lipinski definition) is 3. The van der Waals surface area contributed by atoms with Gasteiger partial charge in [-0.15, -0.1) is 13.2 Å². The molecule has 4 N–H and O–H groups in total. The molecule has 4 atom stereocenters. The molecule has 1 saturated heterocycles. The van der Waals surface area contributed by atoms with E-state index in [2.05, 4.69) is 29.6 Å². The summed E-state index contributed by atoms with van der Waals surface area (Å²) in [6, 6.07) is 1.68. The van der Waals surface area contributed by atoms with Crippen LogP contribution in [0.2, 0.25) is 0 Å². The van der Waals surface area contributed by atoms with E-state index in [1.807, 2.05) is 6.92 Å². The number of aryl methyl sites for hydroxylation is 1. The Balaban J connectivity index is 1.92. The Kier molecular flexibility index (Phi) is 4.47. The number of hydrogen-bond acceptors (Lipinski definition) is 6. The normalized spacial score (nSPS) is 27.9. The van der Waals surface area contributed by atoms with Gasteiger partial charge >= 0.3 is 0 Å². The van der Waals surface area contributed by atoms with Crippen LogP contribution in [-0.2, 0) is 4.74 Å². The summed E-state index contributed by atoms with van der Waals surface area (Å²) in [5.74, 6) is 0.636. The van der Waals surface area contributed by atoms with Crippen LogP contribution in [-0.4, -0.2) is 68.9 Å². The highest BCUT2D eigenvalue weighted by Crippen LogP contribution is 2.40. The Morgan fingerprint density at radius 3 is 2.75 bits per heavy atom. The minimum absolute atomic E-state index is 0.427. The Hall–Kier alpha value is -1.40. The second kappa shape index (κ2) is 6.15. The SMILES string of the molecule is C=P(C)(C)CCC1OC(n2c(C)nc3c(N)ccnc32)[C@H](O)[C@@H]1O. The molecule has 0 saturated carbocycles. The van der Waals surface area contributed by atoms with Gasteiger partial charge in [-0.1, -0.05) is 0 Å². The molecule has 8 heteroatoms. The zero-order valence-electron chi connectivity index (χ0n) is 14.3. The van der Waals surface area contributed by atoms with Gasteiger partial charge in [0, 0.05) is 6.20 Å². The number of nitrogens with two attached hydrogens (primary N) is 1. The van der Waals surface area contributed by atoms with Crippen LogP contribution in [0.4, 0.5) is 5.69 Å². The van der Waals surface area contributed by atoms with Crippen molar-refractivity contribution in [2.75, 3.05) is 25.2 Å². The predicted molar refractivity (Wildman–Crippen MR) is 98.0 cm³/mol. The van der Waals surface area contributed by atoms with Gasteiger partial charge < -0.3 is 20.7 Å². The lowest BCUT2D eigenvalue weighted by Crippen LogP contribution is -2.32. The predicted octanol–water partition coefficient (Wildman–Crippen LogP) is 1.04. The molecule has 3 heterocycles. The van der Waals surface area contributed by atoms with E-state index < -0.39 is 31.4 Å². The maximum atomic E-state index is 10.5. The van der Waals surface area contributed by atoms with E-state index in [1.54, 1.807) is 16.8 Å². The highest BCUT2D eigenvalue weighted by Gasteiger charge is 2.44. The van der Waals surface area contributed by atoms with Crippen molar-refractivity contribution in [3.05, 3.63) is 18.1 Å². The third-order valence-corrected chi connectivity index (χ3v) is 5.87. The van der Waals surface area contributed by atoms with Gasteiger partial charge in [0.15, 0.2) is 11.9 Å². The van der Waals surface area contributed by atoms with E-state index in [1.165, 1.54) is 0 Å². The lowest BCUT2D eigenvalue weighted by Gasteiger charge is -2.19. The zero-order valence-corrected chi connectivity index (χ0v) is 15.1. The van der Waals surface area contributed by atoms with Gasteiger partial charge in [-0.3, -0.25) is 4.57 Å². The number of pyridine rings is 1. The molecule has 7 nitrogen and oxygen atoms in total. The van der Waals surface area contributed by atoms with Crippen LogP contribution in [0.5, 0.6) is 0 Å². The van der Waals surface area contributed by atoms with E-state index in [4.69, 9.17) is 10.5 Å². The molecular formula is C16H25N4O3P. The fourth-order valence-corrected chi connectivity index (χ4v) is 4.03. The fraction of sp³-hybridized carbons (Fsp3) is 0.562. The second-order valence-corrected chi connectivity index (χ2v) is 11.4. The van der Waals surface area contributed by atoms with E-state index in [0.717, 1.165) is 6.16 Å². The van der Waals surface area contributed by atoms with E-state index >= 15 is 0 Å². The molecule has 2 aromatic heterocycles. The zero-order chi connectivity index (χ0) is 17.6. The topological polar surface area (TPSA) is 106 Å². The van der Waals surface area contributed by atoms with Gasteiger partial charge in [0.2, 0.25) is 0 Å². The first-order valence-corrected chi connectivity index (χ1v) is 11.0. The first-order valence-electron chi connectivity index (χ1n) is 7.97. The number of nitrogen functional groups attached to an aromatic ring is 1. The molecule has 0 spiro atoms. The Morgan fingerprint density at radius 1 is 1.38 bits per heavy atom. The first-order chi connectivity index (χ1) is 11.2. The van der Waals surface area contributed by atoms with Crippen molar-refractivity contribution < 1.29 is 14.9 Å². The van der Waals surface area contributed by atoms with Crippen LogP contribution in [0.15, 0.2) is 12.3 Å². The molecule has 1 aliphatic rings. The van der Waals surface area contributed by atoms with Crippen molar-refractivity contribution in [1.29, 1.82) is 0 Å². The number of rotatable bonds is 4. The molecular weight excluding hydrogens is 327 g/mol. The molecule has 132 valence electrons. The summed E-state index contributed by atoms with van der Waals surface area (Å²) in [4.78, 5) is 8.75. The van der Waals surface area contributed by atoms with Crippen molar-refractivity contribution in [2.45, 2.75) is 37.9 Å². The van der Waals surface area contributed by atoms with E-state index in [-0.39, 0.29) is 0 Å². The van der Waals surface area contributed by atoms with Gasteiger partial charge in [-0.25, -0.2) is 9.97 Å². The molecule has 24 heavy (non-hydrogen) atoms. The molecule has 0 amide bonds. The quantitative estimate of drug-likeness (QED) is 0.710. The van der Waals surface area contributed by atoms with Gasteiger partial charge in [0.25, 0.3) is 0 Å². The maximum Gasteiger partial charge on any atom is 0.165 e. The van der Waals surface area contributed by atoms with Crippen LogP contribution in [0, 0.1) is 6.92 Å². The number of nitrogens with zero attached hydrogens (tertiary/aromatic N) is 3. The van der Waals surface area contributed by atoms with Gasteiger partial charge in [-0.05, 0) is 38.9 Å². The third-order valence-electron chi connectivity index (χ3n) is 4.40. The van der Waals surface area contributed by atoms with Crippen LogP contribution in [0.1, 0.15) is 18.5 Å². The summed E-state index contributed by atoms with van der Waals surface area (Å²) in [7, 11) is 0. The van der Waals surface area contributed by atoms with Crippen molar-refractivity contribution in [3.8, 4) is 0 Å². The average Bonchev–Trinajstić information content (AvgIpc) is 2.96. The maximum absolute atomic E-state index is 10.5. The largest absolute Gasteiger partial charge is 0.397 e. The summed E-state index contributed by atoms with van der Waals surface area (Å²) in [6.07, 6.45) is 4.20. The number of aromatic nitrogens is 3.